The van der Waals surface area contributed by atoms with Crippen LogP contribution in [0.15, 0.2) is 54.6 Å². The van der Waals surface area contributed by atoms with Crippen molar-refractivity contribution in [3.63, 3.8) is 0 Å². The van der Waals surface area contributed by atoms with Gasteiger partial charge in [0, 0.05) is 29.2 Å². The molecule has 2 aromatic carbocycles. The zero-order chi connectivity index (χ0) is 17.1. The van der Waals surface area contributed by atoms with Crippen molar-refractivity contribution < 1.29 is 4.79 Å². The molecule has 0 unspecified atom stereocenters. The molecule has 0 spiro atoms. The van der Waals surface area contributed by atoms with Crippen LogP contribution in [-0.2, 0) is 24.2 Å². The van der Waals surface area contributed by atoms with Crippen molar-refractivity contribution in [2.45, 2.75) is 32.2 Å². The molecule has 3 aromatic rings. The van der Waals surface area contributed by atoms with E-state index in [2.05, 4.69) is 28.5 Å². The number of amides is 1. The second-order valence-electron chi connectivity index (χ2n) is 6.63. The van der Waals surface area contributed by atoms with Gasteiger partial charge in [-0.3, -0.25) is 4.79 Å². The lowest BCUT2D eigenvalue weighted by Crippen LogP contribution is -2.20. The highest BCUT2D eigenvalue weighted by molar-refractivity contribution is 5.91. The Morgan fingerprint density at radius 2 is 1.92 bits per heavy atom. The summed E-state index contributed by atoms with van der Waals surface area (Å²) in [6.07, 6.45) is 8.28. The molecule has 126 valence electrons. The van der Waals surface area contributed by atoms with E-state index in [1.54, 1.807) is 6.08 Å². The molecule has 1 aliphatic rings. The number of aromatic amines is 1. The van der Waals surface area contributed by atoms with Gasteiger partial charge in [0.1, 0.15) is 0 Å². The number of fused-ring (bicyclic) bond motifs is 3. The molecule has 25 heavy (non-hydrogen) atoms. The molecule has 1 heterocycles. The van der Waals surface area contributed by atoms with E-state index in [0.717, 1.165) is 24.0 Å². The molecule has 0 saturated heterocycles. The van der Waals surface area contributed by atoms with Crippen LogP contribution >= 0.6 is 0 Å². The van der Waals surface area contributed by atoms with Crippen LogP contribution in [0.3, 0.4) is 0 Å². The minimum Gasteiger partial charge on any atom is -0.358 e. The zero-order valence-electron chi connectivity index (χ0n) is 14.2. The van der Waals surface area contributed by atoms with Gasteiger partial charge in [0.25, 0.3) is 0 Å². The van der Waals surface area contributed by atoms with Crippen LogP contribution in [0.1, 0.15) is 35.2 Å². The molecule has 1 aliphatic carbocycles. The quantitative estimate of drug-likeness (QED) is 0.685. The van der Waals surface area contributed by atoms with Crippen LogP contribution in [0.4, 0.5) is 0 Å². The average molecular weight is 330 g/mol. The van der Waals surface area contributed by atoms with Crippen molar-refractivity contribution in [3.05, 3.63) is 77.0 Å². The molecule has 0 saturated carbocycles. The van der Waals surface area contributed by atoms with Crippen molar-refractivity contribution in [2.75, 3.05) is 0 Å². The maximum Gasteiger partial charge on any atom is 0.244 e. The van der Waals surface area contributed by atoms with Gasteiger partial charge in [-0.25, -0.2) is 0 Å². The minimum absolute atomic E-state index is 0.0694. The van der Waals surface area contributed by atoms with Crippen LogP contribution in [0.5, 0.6) is 0 Å². The Bertz CT molecular complexity index is 922. The van der Waals surface area contributed by atoms with Gasteiger partial charge in [0.2, 0.25) is 5.91 Å². The van der Waals surface area contributed by atoms with Gasteiger partial charge < -0.3 is 10.3 Å². The largest absolute Gasteiger partial charge is 0.358 e. The Morgan fingerprint density at radius 1 is 1.08 bits per heavy atom. The summed E-state index contributed by atoms with van der Waals surface area (Å²) in [5.74, 6) is -0.0694. The second kappa shape index (κ2) is 6.98. The fraction of sp³-hybridized carbons (Fsp3) is 0.227. The van der Waals surface area contributed by atoms with Crippen molar-refractivity contribution in [1.82, 2.24) is 10.3 Å². The molecule has 0 fully saturated rings. The first-order valence-electron chi connectivity index (χ1n) is 8.93. The Hall–Kier alpha value is -2.81. The third kappa shape index (κ3) is 3.50. The number of carbonyl (C=O) groups is 1. The van der Waals surface area contributed by atoms with Crippen molar-refractivity contribution in [2.24, 2.45) is 0 Å². The fourth-order valence-corrected chi connectivity index (χ4v) is 3.55. The van der Waals surface area contributed by atoms with Crippen molar-refractivity contribution in [3.8, 4) is 0 Å². The molecule has 0 atom stereocenters. The highest BCUT2D eigenvalue weighted by atomic mass is 16.1. The SMILES string of the molecule is O=C(/C=C/c1ccccc1)NCc1ccc2[nH]c3c(c2c1)CCCC3. The van der Waals surface area contributed by atoms with Gasteiger partial charge in [-0.15, -0.1) is 0 Å². The summed E-state index contributed by atoms with van der Waals surface area (Å²) < 4.78 is 0. The van der Waals surface area contributed by atoms with E-state index < -0.39 is 0 Å². The summed E-state index contributed by atoms with van der Waals surface area (Å²) in [6, 6.07) is 16.3. The number of hydrogen-bond acceptors (Lipinski definition) is 1. The number of carbonyl (C=O) groups excluding carboxylic acids is 1. The maximum absolute atomic E-state index is 12.0. The smallest absolute Gasteiger partial charge is 0.244 e. The monoisotopic (exact) mass is 330 g/mol. The molecule has 2 N–H and O–H groups in total. The standard InChI is InChI=1S/C22H22N2O/c25-22(13-11-16-6-2-1-3-7-16)23-15-17-10-12-21-19(14-17)18-8-4-5-9-20(18)24-21/h1-3,6-7,10-14,24H,4-5,8-9,15H2,(H,23,25)/b13-11+. The maximum atomic E-state index is 12.0. The van der Waals surface area contributed by atoms with Gasteiger partial charge in [-0.05, 0) is 60.6 Å². The fourth-order valence-electron chi connectivity index (χ4n) is 3.55. The van der Waals surface area contributed by atoms with Crippen LogP contribution in [0.25, 0.3) is 17.0 Å². The lowest BCUT2D eigenvalue weighted by Gasteiger charge is -2.10. The summed E-state index contributed by atoms with van der Waals surface area (Å²) in [6.45, 7) is 0.549. The van der Waals surface area contributed by atoms with E-state index in [1.807, 2.05) is 36.4 Å². The predicted molar refractivity (Wildman–Crippen MR) is 102 cm³/mol. The van der Waals surface area contributed by atoms with E-state index in [9.17, 15) is 4.79 Å². The summed E-state index contributed by atoms with van der Waals surface area (Å²) >= 11 is 0. The third-order valence-corrected chi connectivity index (χ3v) is 4.86. The molecule has 1 aromatic heterocycles. The Kier molecular flexibility index (Phi) is 4.38. The van der Waals surface area contributed by atoms with Crippen molar-refractivity contribution >= 4 is 22.9 Å². The minimum atomic E-state index is -0.0694. The molecular formula is C22H22N2O. The Balaban J connectivity index is 1.44. The number of benzene rings is 2. The lowest BCUT2D eigenvalue weighted by molar-refractivity contribution is -0.116. The Labute approximate surface area is 147 Å². The van der Waals surface area contributed by atoms with E-state index >= 15 is 0 Å². The summed E-state index contributed by atoms with van der Waals surface area (Å²) in [5, 5.41) is 4.29. The molecule has 3 heteroatoms. The van der Waals surface area contributed by atoms with E-state index in [4.69, 9.17) is 0 Å². The van der Waals surface area contributed by atoms with E-state index in [0.29, 0.717) is 6.54 Å². The molecule has 4 rings (SSSR count). The zero-order valence-corrected chi connectivity index (χ0v) is 14.2. The number of nitrogens with one attached hydrogen (secondary N) is 2. The summed E-state index contributed by atoms with van der Waals surface area (Å²) in [5.41, 5.74) is 6.25. The first kappa shape index (κ1) is 15.7. The van der Waals surface area contributed by atoms with Crippen LogP contribution < -0.4 is 5.32 Å². The average Bonchev–Trinajstić information content (AvgIpc) is 3.03. The van der Waals surface area contributed by atoms with Gasteiger partial charge in [0.05, 0.1) is 0 Å². The Morgan fingerprint density at radius 3 is 2.80 bits per heavy atom. The number of H-pyrrole nitrogens is 1. The van der Waals surface area contributed by atoms with E-state index in [1.165, 1.54) is 35.0 Å². The van der Waals surface area contributed by atoms with Gasteiger partial charge in [-0.1, -0.05) is 36.4 Å². The molecular weight excluding hydrogens is 308 g/mol. The number of aromatic nitrogens is 1. The van der Waals surface area contributed by atoms with Crippen molar-refractivity contribution in [1.29, 1.82) is 0 Å². The third-order valence-electron chi connectivity index (χ3n) is 4.86. The summed E-state index contributed by atoms with van der Waals surface area (Å²) in [4.78, 5) is 15.6. The molecule has 0 bridgehead atoms. The number of rotatable bonds is 4. The first-order valence-corrected chi connectivity index (χ1v) is 8.93. The van der Waals surface area contributed by atoms with E-state index in [-0.39, 0.29) is 5.91 Å². The van der Waals surface area contributed by atoms with Gasteiger partial charge in [0.15, 0.2) is 0 Å². The molecule has 0 aliphatic heterocycles. The molecule has 0 radical (unpaired) electrons. The summed E-state index contributed by atoms with van der Waals surface area (Å²) in [7, 11) is 0. The molecule has 1 amide bonds. The van der Waals surface area contributed by atoms with Crippen LogP contribution in [0, 0.1) is 0 Å². The van der Waals surface area contributed by atoms with Crippen LogP contribution in [-0.4, -0.2) is 10.9 Å². The predicted octanol–water partition coefficient (Wildman–Crippen LogP) is 4.38. The first-order chi connectivity index (χ1) is 12.3. The topological polar surface area (TPSA) is 44.9 Å². The highest BCUT2D eigenvalue weighted by Gasteiger charge is 2.15. The van der Waals surface area contributed by atoms with Crippen LogP contribution in [0.2, 0.25) is 0 Å². The van der Waals surface area contributed by atoms with Gasteiger partial charge in [-0.2, -0.15) is 0 Å². The highest BCUT2D eigenvalue weighted by Crippen LogP contribution is 2.29. The molecule has 3 nitrogen and oxygen atoms in total. The lowest BCUT2D eigenvalue weighted by atomic mass is 9.95. The van der Waals surface area contributed by atoms with Gasteiger partial charge >= 0.3 is 0 Å². The normalized spacial score (nSPS) is 13.9. The number of aryl methyl sites for hydroxylation is 2. The number of hydrogen-bond donors (Lipinski definition) is 2. The second-order valence-corrected chi connectivity index (χ2v) is 6.63.